The van der Waals surface area contributed by atoms with Gasteiger partial charge in [-0.05, 0) is 44.4 Å². The molecule has 1 atom stereocenters. The lowest BCUT2D eigenvalue weighted by molar-refractivity contribution is 0.0841. The maximum atomic E-state index is 13.1. The third-order valence-electron chi connectivity index (χ3n) is 5.29. The molecule has 24 heavy (non-hydrogen) atoms. The van der Waals surface area contributed by atoms with Crippen LogP contribution >= 0.6 is 0 Å². The predicted molar refractivity (Wildman–Crippen MR) is 94.7 cm³/mol. The van der Waals surface area contributed by atoms with E-state index >= 15 is 0 Å². The van der Waals surface area contributed by atoms with E-state index in [9.17, 15) is 8.42 Å². The van der Waals surface area contributed by atoms with Gasteiger partial charge in [0.05, 0.1) is 12.0 Å². The van der Waals surface area contributed by atoms with Gasteiger partial charge in [0.2, 0.25) is 10.0 Å². The molecule has 5 nitrogen and oxygen atoms in total. The van der Waals surface area contributed by atoms with Crippen LogP contribution in [0.25, 0.3) is 0 Å². The third kappa shape index (κ3) is 3.10. The second kappa shape index (κ2) is 6.86. The Bertz CT molecular complexity index is 704. The molecule has 1 aromatic rings. The normalized spacial score (nSPS) is 25.9. The molecule has 2 aliphatic rings. The van der Waals surface area contributed by atoms with E-state index in [4.69, 9.17) is 4.74 Å². The molecule has 0 aromatic heterocycles. The molecule has 2 fully saturated rings. The molecule has 1 spiro atoms. The molecule has 0 saturated carbocycles. The van der Waals surface area contributed by atoms with Gasteiger partial charge in [-0.2, -0.15) is 4.31 Å². The molecule has 0 amide bonds. The fourth-order valence-corrected chi connectivity index (χ4v) is 5.68. The fraction of sp³-hybridized carbons (Fsp3) is 0.556. The first kappa shape index (κ1) is 17.5. The summed E-state index contributed by atoms with van der Waals surface area (Å²) in [5.74, 6) is 0.567. The Morgan fingerprint density at radius 2 is 2.04 bits per heavy atom. The van der Waals surface area contributed by atoms with Crippen molar-refractivity contribution in [3.8, 4) is 5.75 Å². The zero-order valence-electron chi connectivity index (χ0n) is 14.3. The summed E-state index contributed by atoms with van der Waals surface area (Å²) < 4.78 is 33.0. The van der Waals surface area contributed by atoms with Gasteiger partial charge in [0.1, 0.15) is 5.75 Å². The lowest BCUT2D eigenvalue weighted by Crippen LogP contribution is -2.56. The van der Waals surface area contributed by atoms with Crippen LogP contribution in [0, 0.1) is 0 Å². The van der Waals surface area contributed by atoms with Crippen LogP contribution in [0.5, 0.6) is 5.75 Å². The summed E-state index contributed by atoms with van der Waals surface area (Å²) in [6, 6.07) is 6.74. The van der Waals surface area contributed by atoms with Gasteiger partial charge >= 0.3 is 0 Å². The molecule has 0 radical (unpaired) electrons. The molecule has 6 heteroatoms. The largest absolute Gasteiger partial charge is 0.497 e. The lowest BCUT2D eigenvalue weighted by atomic mass is 9.87. The molecule has 3 rings (SSSR count). The van der Waals surface area contributed by atoms with Gasteiger partial charge in [0.15, 0.2) is 0 Å². The Morgan fingerprint density at radius 1 is 1.29 bits per heavy atom. The van der Waals surface area contributed by atoms with E-state index in [1.54, 1.807) is 35.7 Å². The van der Waals surface area contributed by atoms with E-state index in [-0.39, 0.29) is 5.54 Å². The van der Waals surface area contributed by atoms with Crippen LogP contribution in [0.3, 0.4) is 0 Å². The van der Waals surface area contributed by atoms with Crippen molar-refractivity contribution in [1.29, 1.82) is 0 Å². The molecule has 0 bridgehead atoms. The topological polar surface area (TPSA) is 49.9 Å². The third-order valence-corrected chi connectivity index (χ3v) is 7.13. The number of nitrogens with zero attached hydrogens (tertiary/aromatic N) is 2. The highest BCUT2D eigenvalue weighted by Gasteiger charge is 2.46. The second-order valence-corrected chi connectivity index (χ2v) is 8.62. The van der Waals surface area contributed by atoms with Crippen LogP contribution in [0.1, 0.15) is 25.7 Å². The van der Waals surface area contributed by atoms with Gasteiger partial charge in [-0.3, -0.25) is 4.90 Å². The first-order valence-corrected chi connectivity index (χ1v) is 9.96. The summed E-state index contributed by atoms with van der Waals surface area (Å²) in [6.45, 7) is 6.86. The number of ether oxygens (including phenoxy) is 1. The number of piperidine rings is 1. The Labute approximate surface area is 145 Å². The number of hydrogen-bond donors (Lipinski definition) is 0. The fourth-order valence-electron chi connectivity index (χ4n) is 4.08. The summed E-state index contributed by atoms with van der Waals surface area (Å²) in [5, 5.41) is 0. The number of hydrogen-bond acceptors (Lipinski definition) is 4. The quantitative estimate of drug-likeness (QED) is 0.766. The maximum Gasteiger partial charge on any atom is 0.243 e. The summed E-state index contributed by atoms with van der Waals surface area (Å²) in [6.07, 6.45) is 6.07. The van der Waals surface area contributed by atoms with E-state index in [0.29, 0.717) is 23.7 Å². The van der Waals surface area contributed by atoms with Crippen molar-refractivity contribution in [2.75, 3.05) is 33.3 Å². The highest BCUT2D eigenvalue weighted by molar-refractivity contribution is 7.89. The smallest absolute Gasteiger partial charge is 0.243 e. The summed E-state index contributed by atoms with van der Waals surface area (Å²) >= 11 is 0. The molecule has 0 N–H and O–H groups in total. The average Bonchev–Trinajstić information content (AvgIpc) is 2.97. The van der Waals surface area contributed by atoms with E-state index in [1.165, 1.54) is 0 Å². The van der Waals surface area contributed by atoms with E-state index in [0.717, 1.165) is 38.8 Å². The second-order valence-electron chi connectivity index (χ2n) is 6.68. The summed E-state index contributed by atoms with van der Waals surface area (Å²) in [7, 11) is -1.95. The molecule has 1 unspecified atom stereocenters. The first-order chi connectivity index (χ1) is 11.5. The number of likely N-dealkylation sites (tertiary alicyclic amines) is 1. The monoisotopic (exact) mass is 350 g/mol. The Morgan fingerprint density at radius 3 is 2.75 bits per heavy atom. The standard InChI is InChI=1S/C18H26N2O3S/c1-3-11-19-12-5-9-18(19)10-6-13-20(15-18)24(21,22)17-8-4-7-16(14-17)23-2/h3-4,7-8,14H,1,5-6,9-13,15H2,2H3. The molecule has 132 valence electrons. The highest BCUT2D eigenvalue weighted by Crippen LogP contribution is 2.38. The van der Waals surface area contributed by atoms with Gasteiger partial charge in [-0.25, -0.2) is 8.42 Å². The minimum atomic E-state index is -3.50. The van der Waals surface area contributed by atoms with Crippen molar-refractivity contribution < 1.29 is 13.2 Å². The van der Waals surface area contributed by atoms with Crippen molar-refractivity contribution in [3.63, 3.8) is 0 Å². The summed E-state index contributed by atoms with van der Waals surface area (Å²) in [5.41, 5.74) is -0.0294. The van der Waals surface area contributed by atoms with Crippen LogP contribution in [0.2, 0.25) is 0 Å². The van der Waals surface area contributed by atoms with Crippen LogP contribution in [0.15, 0.2) is 41.8 Å². The number of rotatable bonds is 5. The summed E-state index contributed by atoms with van der Waals surface area (Å²) in [4.78, 5) is 2.72. The predicted octanol–water partition coefficient (Wildman–Crippen LogP) is 2.50. The molecular formula is C18H26N2O3S. The minimum Gasteiger partial charge on any atom is -0.497 e. The Kier molecular flexibility index (Phi) is 4.99. The van der Waals surface area contributed by atoms with Crippen molar-refractivity contribution in [1.82, 2.24) is 9.21 Å². The SMILES string of the molecule is C=CCN1CCCC12CCCN(S(=O)(=O)c1cccc(OC)c1)C2. The molecule has 2 saturated heterocycles. The van der Waals surface area contributed by atoms with Gasteiger partial charge in [-0.1, -0.05) is 12.1 Å². The van der Waals surface area contributed by atoms with Crippen molar-refractivity contribution >= 4 is 10.0 Å². The van der Waals surface area contributed by atoms with Gasteiger partial charge < -0.3 is 4.74 Å². The lowest BCUT2D eigenvalue weighted by Gasteiger charge is -2.45. The van der Waals surface area contributed by atoms with Crippen molar-refractivity contribution in [2.45, 2.75) is 36.1 Å². The van der Waals surface area contributed by atoms with Gasteiger partial charge in [0, 0.05) is 31.2 Å². The number of sulfonamides is 1. The molecule has 2 heterocycles. The molecule has 1 aromatic carbocycles. The number of methoxy groups -OCH3 is 1. The average molecular weight is 350 g/mol. The molecular weight excluding hydrogens is 324 g/mol. The van der Waals surface area contributed by atoms with Gasteiger partial charge in [-0.15, -0.1) is 6.58 Å². The van der Waals surface area contributed by atoms with Crippen LogP contribution in [0.4, 0.5) is 0 Å². The maximum absolute atomic E-state index is 13.1. The Balaban J connectivity index is 1.87. The van der Waals surface area contributed by atoms with Crippen LogP contribution < -0.4 is 4.74 Å². The number of benzene rings is 1. The zero-order chi connectivity index (χ0) is 17.2. The zero-order valence-corrected chi connectivity index (χ0v) is 15.1. The molecule has 0 aliphatic carbocycles. The van der Waals surface area contributed by atoms with E-state index < -0.39 is 10.0 Å². The highest BCUT2D eigenvalue weighted by atomic mass is 32.2. The van der Waals surface area contributed by atoms with Gasteiger partial charge in [0.25, 0.3) is 0 Å². The Hall–Kier alpha value is -1.37. The molecule has 2 aliphatic heterocycles. The van der Waals surface area contributed by atoms with E-state index in [2.05, 4.69) is 11.5 Å². The first-order valence-electron chi connectivity index (χ1n) is 8.52. The van der Waals surface area contributed by atoms with Crippen LogP contribution in [-0.2, 0) is 10.0 Å². The minimum absolute atomic E-state index is 0.0294. The van der Waals surface area contributed by atoms with Crippen molar-refractivity contribution in [3.05, 3.63) is 36.9 Å². The van der Waals surface area contributed by atoms with E-state index in [1.807, 2.05) is 6.08 Å². The van der Waals surface area contributed by atoms with Crippen molar-refractivity contribution in [2.24, 2.45) is 0 Å². The van der Waals surface area contributed by atoms with Crippen LogP contribution in [-0.4, -0.2) is 56.5 Å².